The third kappa shape index (κ3) is 6.41. The van der Waals surface area contributed by atoms with Crippen molar-refractivity contribution in [2.24, 2.45) is 22.7 Å². The SMILES string of the molecule is CN=C(c1ccc(SC)cc1)N(CC(=O)O[C@@H]1C[C@H](C)CC[C@H]1C(C)C)c1ccccc1C. The van der Waals surface area contributed by atoms with E-state index in [1.807, 2.05) is 23.1 Å². The molecule has 1 fully saturated rings. The Kier molecular flexibility index (Phi) is 9.02. The van der Waals surface area contributed by atoms with E-state index in [1.54, 1.807) is 18.8 Å². The molecular formula is C28H38N2O2S. The van der Waals surface area contributed by atoms with Crippen LogP contribution in [0.4, 0.5) is 5.69 Å². The third-order valence-electron chi connectivity index (χ3n) is 6.75. The van der Waals surface area contributed by atoms with Gasteiger partial charge < -0.3 is 9.64 Å². The first-order chi connectivity index (χ1) is 15.8. The van der Waals surface area contributed by atoms with Crippen LogP contribution in [0.5, 0.6) is 0 Å². The fourth-order valence-electron chi connectivity index (χ4n) is 4.87. The van der Waals surface area contributed by atoms with Crippen molar-refractivity contribution in [1.82, 2.24) is 0 Å². The maximum Gasteiger partial charge on any atom is 0.326 e. The number of thioether (sulfide) groups is 1. The second kappa shape index (κ2) is 11.7. The average Bonchev–Trinajstić information content (AvgIpc) is 2.79. The minimum Gasteiger partial charge on any atom is -0.461 e. The van der Waals surface area contributed by atoms with Crippen LogP contribution in [0.25, 0.3) is 0 Å². The molecule has 2 aromatic carbocycles. The molecule has 1 aliphatic rings. The molecule has 33 heavy (non-hydrogen) atoms. The van der Waals surface area contributed by atoms with Gasteiger partial charge in [0.2, 0.25) is 0 Å². The number of carbonyl (C=O) groups is 1. The van der Waals surface area contributed by atoms with E-state index in [0.717, 1.165) is 35.5 Å². The topological polar surface area (TPSA) is 41.9 Å². The van der Waals surface area contributed by atoms with Gasteiger partial charge in [0.05, 0.1) is 0 Å². The Morgan fingerprint density at radius 3 is 2.45 bits per heavy atom. The number of esters is 1. The maximum absolute atomic E-state index is 13.3. The maximum atomic E-state index is 13.3. The van der Waals surface area contributed by atoms with Gasteiger partial charge in [-0.2, -0.15) is 0 Å². The van der Waals surface area contributed by atoms with Crippen LogP contribution >= 0.6 is 11.8 Å². The molecular weight excluding hydrogens is 428 g/mol. The van der Waals surface area contributed by atoms with Crippen molar-refractivity contribution in [3.8, 4) is 0 Å². The Morgan fingerprint density at radius 2 is 1.85 bits per heavy atom. The molecule has 4 nitrogen and oxygen atoms in total. The van der Waals surface area contributed by atoms with E-state index < -0.39 is 0 Å². The highest BCUT2D eigenvalue weighted by atomic mass is 32.2. The van der Waals surface area contributed by atoms with E-state index in [9.17, 15) is 4.79 Å². The largest absolute Gasteiger partial charge is 0.461 e. The number of anilines is 1. The van der Waals surface area contributed by atoms with Crippen LogP contribution in [0.15, 0.2) is 58.4 Å². The Morgan fingerprint density at radius 1 is 1.15 bits per heavy atom. The van der Waals surface area contributed by atoms with Gasteiger partial charge in [0.15, 0.2) is 0 Å². The molecule has 0 amide bonds. The van der Waals surface area contributed by atoms with Crippen molar-refractivity contribution in [2.75, 3.05) is 24.7 Å². The molecule has 2 aromatic rings. The molecule has 0 aliphatic heterocycles. The van der Waals surface area contributed by atoms with Gasteiger partial charge in [-0.15, -0.1) is 11.8 Å². The van der Waals surface area contributed by atoms with Gasteiger partial charge >= 0.3 is 5.97 Å². The number of hydrogen-bond donors (Lipinski definition) is 0. The number of benzene rings is 2. The van der Waals surface area contributed by atoms with E-state index in [0.29, 0.717) is 17.8 Å². The van der Waals surface area contributed by atoms with Crippen molar-refractivity contribution in [1.29, 1.82) is 0 Å². The molecule has 3 rings (SSSR count). The van der Waals surface area contributed by atoms with Crippen LogP contribution in [0.3, 0.4) is 0 Å². The molecule has 0 N–H and O–H groups in total. The van der Waals surface area contributed by atoms with Gasteiger partial charge in [-0.1, -0.05) is 57.5 Å². The van der Waals surface area contributed by atoms with E-state index in [1.165, 1.54) is 11.3 Å². The molecule has 0 saturated heterocycles. The normalized spacial score (nSPS) is 21.2. The Hall–Kier alpha value is -2.27. The lowest BCUT2D eigenvalue weighted by atomic mass is 9.75. The quantitative estimate of drug-likeness (QED) is 0.199. The predicted octanol–water partition coefficient (Wildman–Crippen LogP) is 6.60. The molecule has 0 spiro atoms. The van der Waals surface area contributed by atoms with Gasteiger partial charge in [-0.3, -0.25) is 9.79 Å². The lowest BCUT2D eigenvalue weighted by Crippen LogP contribution is -2.41. The summed E-state index contributed by atoms with van der Waals surface area (Å²) in [5.41, 5.74) is 3.05. The summed E-state index contributed by atoms with van der Waals surface area (Å²) in [4.78, 5) is 21.1. The van der Waals surface area contributed by atoms with Crippen LogP contribution in [-0.4, -0.2) is 37.8 Å². The lowest BCUT2D eigenvalue weighted by Gasteiger charge is -2.37. The number of para-hydroxylation sites is 1. The zero-order valence-electron chi connectivity index (χ0n) is 20.9. The van der Waals surface area contributed by atoms with Crippen LogP contribution in [0.2, 0.25) is 0 Å². The summed E-state index contributed by atoms with van der Waals surface area (Å²) in [6.07, 6.45) is 5.34. The first kappa shape index (κ1) is 25.4. The number of carbonyl (C=O) groups excluding carboxylic acids is 1. The van der Waals surface area contributed by atoms with Crippen LogP contribution < -0.4 is 4.90 Å². The van der Waals surface area contributed by atoms with Crippen molar-refractivity contribution in [2.45, 2.75) is 58.0 Å². The van der Waals surface area contributed by atoms with Crippen LogP contribution in [-0.2, 0) is 9.53 Å². The van der Waals surface area contributed by atoms with Gasteiger partial charge in [-0.25, -0.2) is 0 Å². The monoisotopic (exact) mass is 466 g/mol. The number of ether oxygens (including phenoxy) is 1. The number of amidine groups is 1. The van der Waals surface area contributed by atoms with Crippen molar-refractivity contribution < 1.29 is 9.53 Å². The summed E-state index contributed by atoms with van der Waals surface area (Å²) in [6.45, 7) is 8.94. The Balaban J connectivity index is 1.88. The van der Waals surface area contributed by atoms with Crippen molar-refractivity contribution >= 4 is 29.3 Å². The standard InChI is InChI=1S/C28H38N2O2S/c1-19(2)24-16-11-20(3)17-26(24)32-27(31)18-30(25-10-8-7-9-21(25)4)28(29-5)22-12-14-23(33-6)15-13-22/h7-10,12-15,19-20,24,26H,11,16-18H2,1-6H3/t20-,24+,26-/m1/s1. The van der Waals surface area contributed by atoms with E-state index >= 15 is 0 Å². The van der Waals surface area contributed by atoms with Crippen molar-refractivity contribution in [3.63, 3.8) is 0 Å². The fraction of sp³-hybridized carbons (Fsp3) is 0.500. The third-order valence-corrected chi connectivity index (χ3v) is 7.50. The summed E-state index contributed by atoms with van der Waals surface area (Å²) in [5.74, 6) is 2.10. The minimum absolute atomic E-state index is 0.0113. The predicted molar refractivity (Wildman–Crippen MR) is 140 cm³/mol. The first-order valence-electron chi connectivity index (χ1n) is 12.0. The molecule has 5 heteroatoms. The summed E-state index contributed by atoms with van der Waals surface area (Å²) in [5, 5.41) is 0. The smallest absolute Gasteiger partial charge is 0.326 e. The Labute approximate surface area is 203 Å². The molecule has 3 atom stereocenters. The molecule has 0 radical (unpaired) electrons. The summed E-state index contributed by atoms with van der Waals surface area (Å²) < 4.78 is 6.16. The fourth-order valence-corrected chi connectivity index (χ4v) is 5.28. The van der Waals surface area contributed by atoms with Gasteiger partial charge in [-0.05, 0) is 67.5 Å². The number of aryl methyl sites for hydroxylation is 1. The van der Waals surface area contributed by atoms with Crippen LogP contribution in [0.1, 0.15) is 51.2 Å². The zero-order chi connectivity index (χ0) is 24.0. The summed E-state index contributed by atoms with van der Waals surface area (Å²) in [6, 6.07) is 16.5. The second-order valence-corrected chi connectivity index (χ2v) is 10.4. The molecule has 0 heterocycles. The van der Waals surface area contributed by atoms with Gasteiger partial charge in [0.25, 0.3) is 0 Å². The Bertz CT molecular complexity index is 955. The number of aliphatic imine (C=N–C) groups is 1. The molecule has 0 aromatic heterocycles. The molecule has 0 bridgehead atoms. The second-order valence-electron chi connectivity index (χ2n) is 9.50. The molecule has 1 saturated carbocycles. The number of rotatable bonds is 7. The number of hydrogen-bond acceptors (Lipinski definition) is 4. The highest BCUT2D eigenvalue weighted by Gasteiger charge is 2.34. The molecule has 178 valence electrons. The average molecular weight is 467 g/mol. The molecule has 1 aliphatic carbocycles. The van der Waals surface area contributed by atoms with E-state index in [4.69, 9.17) is 4.74 Å². The summed E-state index contributed by atoms with van der Waals surface area (Å²) >= 11 is 1.71. The molecule has 0 unspecified atom stereocenters. The first-order valence-corrected chi connectivity index (χ1v) is 13.2. The summed E-state index contributed by atoms with van der Waals surface area (Å²) in [7, 11) is 1.78. The highest BCUT2D eigenvalue weighted by Crippen LogP contribution is 2.35. The van der Waals surface area contributed by atoms with E-state index in [-0.39, 0.29) is 18.6 Å². The van der Waals surface area contributed by atoms with Gasteiger partial charge in [0, 0.05) is 23.2 Å². The minimum atomic E-state index is -0.190. The van der Waals surface area contributed by atoms with Crippen molar-refractivity contribution in [3.05, 3.63) is 59.7 Å². The zero-order valence-corrected chi connectivity index (χ0v) is 21.7. The van der Waals surface area contributed by atoms with Crippen LogP contribution in [0, 0.1) is 24.7 Å². The van der Waals surface area contributed by atoms with E-state index in [2.05, 4.69) is 69.3 Å². The van der Waals surface area contributed by atoms with Gasteiger partial charge in [0.1, 0.15) is 18.5 Å². The highest BCUT2D eigenvalue weighted by molar-refractivity contribution is 7.98. The number of nitrogens with zero attached hydrogens (tertiary/aromatic N) is 2. The lowest BCUT2D eigenvalue weighted by molar-refractivity contribution is -0.154.